The molecule has 0 aliphatic heterocycles. The number of benzene rings is 2. The van der Waals surface area contributed by atoms with Crippen LogP contribution in [0, 0.1) is 13.8 Å². The summed E-state index contributed by atoms with van der Waals surface area (Å²) in [6, 6.07) is 15.0. The van der Waals surface area contributed by atoms with E-state index in [1.54, 1.807) is 0 Å². The van der Waals surface area contributed by atoms with Gasteiger partial charge in [-0.05, 0) is 30.5 Å². The standard InChI is InChI=1S/C15H14Br2/c1-10-6-8-12(9-7-10)15(17)13-5-3-4-11(2)14(13)16/h3-9,15H,1-2H3. The van der Waals surface area contributed by atoms with E-state index in [9.17, 15) is 0 Å². The van der Waals surface area contributed by atoms with Crippen LogP contribution in [-0.4, -0.2) is 0 Å². The highest BCUT2D eigenvalue weighted by Gasteiger charge is 2.13. The Hall–Kier alpha value is -0.600. The van der Waals surface area contributed by atoms with Gasteiger partial charge in [0.15, 0.2) is 0 Å². The van der Waals surface area contributed by atoms with Crippen molar-refractivity contribution in [1.82, 2.24) is 0 Å². The Morgan fingerprint density at radius 2 is 1.59 bits per heavy atom. The van der Waals surface area contributed by atoms with Crippen LogP contribution in [0.5, 0.6) is 0 Å². The summed E-state index contributed by atoms with van der Waals surface area (Å²) in [5.74, 6) is 0. The van der Waals surface area contributed by atoms with Gasteiger partial charge in [0.2, 0.25) is 0 Å². The molecule has 0 spiro atoms. The lowest BCUT2D eigenvalue weighted by Crippen LogP contribution is -1.95. The van der Waals surface area contributed by atoms with Gasteiger partial charge in [-0.3, -0.25) is 0 Å². The van der Waals surface area contributed by atoms with Crippen molar-refractivity contribution in [2.24, 2.45) is 0 Å². The third kappa shape index (κ3) is 2.80. The van der Waals surface area contributed by atoms with Gasteiger partial charge in [0, 0.05) is 4.47 Å². The van der Waals surface area contributed by atoms with E-state index in [1.807, 2.05) is 0 Å². The molecule has 1 unspecified atom stereocenters. The molecule has 0 bridgehead atoms. The Morgan fingerprint density at radius 3 is 2.24 bits per heavy atom. The van der Waals surface area contributed by atoms with Gasteiger partial charge in [-0.1, -0.05) is 79.9 Å². The van der Waals surface area contributed by atoms with Crippen molar-refractivity contribution >= 4 is 31.9 Å². The maximum Gasteiger partial charge on any atom is 0.0655 e. The van der Waals surface area contributed by atoms with Gasteiger partial charge in [0.25, 0.3) is 0 Å². The molecule has 0 saturated carbocycles. The van der Waals surface area contributed by atoms with E-state index < -0.39 is 0 Å². The fourth-order valence-electron chi connectivity index (χ4n) is 1.78. The molecule has 0 amide bonds. The quantitative estimate of drug-likeness (QED) is 0.621. The highest BCUT2D eigenvalue weighted by atomic mass is 79.9. The summed E-state index contributed by atoms with van der Waals surface area (Å²) >= 11 is 7.44. The summed E-state index contributed by atoms with van der Waals surface area (Å²) in [5, 5.41) is 0. The molecule has 0 N–H and O–H groups in total. The molecule has 0 aromatic heterocycles. The monoisotopic (exact) mass is 352 g/mol. The molecule has 2 aromatic rings. The smallest absolute Gasteiger partial charge is 0.0655 e. The molecule has 17 heavy (non-hydrogen) atoms. The zero-order chi connectivity index (χ0) is 12.4. The van der Waals surface area contributed by atoms with E-state index in [4.69, 9.17) is 0 Å². The molecule has 0 saturated heterocycles. The first-order valence-corrected chi connectivity index (χ1v) is 7.26. The number of rotatable bonds is 2. The molecular weight excluding hydrogens is 340 g/mol. The molecule has 0 heterocycles. The number of aryl methyl sites for hydroxylation is 2. The normalized spacial score (nSPS) is 12.5. The molecule has 0 aliphatic rings. The molecule has 2 heteroatoms. The average molecular weight is 354 g/mol. The van der Waals surface area contributed by atoms with Gasteiger partial charge in [0.1, 0.15) is 0 Å². The summed E-state index contributed by atoms with van der Waals surface area (Å²) in [6.45, 7) is 4.22. The van der Waals surface area contributed by atoms with Crippen LogP contribution in [0.2, 0.25) is 0 Å². The minimum atomic E-state index is 0.234. The minimum absolute atomic E-state index is 0.234. The zero-order valence-corrected chi connectivity index (χ0v) is 13.0. The van der Waals surface area contributed by atoms with Gasteiger partial charge in [0.05, 0.1) is 4.83 Å². The van der Waals surface area contributed by atoms with Crippen molar-refractivity contribution < 1.29 is 0 Å². The van der Waals surface area contributed by atoms with Gasteiger partial charge >= 0.3 is 0 Å². The first kappa shape index (κ1) is 12.8. The van der Waals surface area contributed by atoms with Gasteiger partial charge in [-0.25, -0.2) is 0 Å². The first-order chi connectivity index (χ1) is 8.09. The fraction of sp³-hybridized carbons (Fsp3) is 0.200. The SMILES string of the molecule is Cc1ccc(C(Br)c2cccc(C)c2Br)cc1. The van der Waals surface area contributed by atoms with Crippen molar-refractivity contribution in [3.63, 3.8) is 0 Å². The largest absolute Gasteiger partial charge is 0.0786 e. The van der Waals surface area contributed by atoms with Crippen LogP contribution in [-0.2, 0) is 0 Å². The summed E-state index contributed by atoms with van der Waals surface area (Å²) in [7, 11) is 0. The van der Waals surface area contributed by atoms with Crippen molar-refractivity contribution in [2.75, 3.05) is 0 Å². The second-order valence-corrected chi connectivity index (χ2v) is 5.96. The maximum atomic E-state index is 3.77. The summed E-state index contributed by atoms with van der Waals surface area (Å²) in [4.78, 5) is 0.234. The van der Waals surface area contributed by atoms with Crippen molar-refractivity contribution in [3.8, 4) is 0 Å². The minimum Gasteiger partial charge on any atom is -0.0786 e. The molecule has 0 aliphatic carbocycles. The Balaban J connectivity index is 2.40. The second kappa shape index (κ2) is 5.36. The fourth-order valence-corrected chi connectivity index (χ4v) is 3.27. The predicted octanol–water partition coefficient (Wildman–Crippen LogP) is 5.55. The molecule has 88 valence electrons. The maximum absolute atomic E-state index is 3.77. The van der Waals surface area contributed by atoms with Gasteiger partial charge < -0.3 is 0 Å². The van der Waals surface area contributed by atoms with Gasteiger partial charge in [-0.2, -0.15) is 0 Å². The Kier molecular flexibility index (Phi) is 4.05. The van der Waals surface area contributed by atoms with Crippen LogP contribution in [0.15, 0.2) is 46.9 Å². The van der Waals surface area contributed by atoms with Gasteiger partial charge in [-0.15, -0.1) is 0 Å². The van der Waals surface area contributed by atoms with E-state index in [0.29, 0.717) is 0 Å². The molecule has 0 fully saturated rings. The zero-order valence-electron chi connectivity index (χ0n) is 9.87. The van der Waals surface area contributed by atoms with E-state index in [0.717, 1.165) is 0 Å². The summed E-state index contributed by atoms with van der Waals surface area (Å²) in [6.07, 6.45) is 0. The lowest BCUT2D eigenvalue weighted by atomic mass is 10.0. The predicted molar refractivity (Wildman–Crippen MR) is 80.8 cm³/mol. The topological polar surface area (TPSA) is 0 Å². The second-order valence-electron chi connectivity index (χ2n) is 4.25. The molecular formula is C15H14Br2. The van der Waals surface area contributed by atoms with E-state index in [1.165, 1.54) is 26.7 Å². The molecule has 2 aromatic carbocycles. The van der Waals surface area contributed by atoms with Crippen molar-refractivity contribution in [3.05, 3.63) is 69.2 Å². The molecule has 0 radical (unpaired) electrons. The van der Waals surface area contributed by atoms with E-state index >= 15 is 0 Å². The lowest BCUT2D eigenvalue weighted by Gasteiger charge is -2.14. The number of hydrogen-bond donors (Lipinski definition) is 0. The van der Waals surface area contributed by atoms with E-state index in [2.05, 4.69) is 88.2 Å². The highest BCUT2D eigenvalue weighted by Crippen LogP contribution is 2.36. The van der Waals surface area contributed by atoms with Crippen LogP contribution >= 0.6 is 31.9 Å². The molecule has 0 nitrogen and oxygen atoms in total. The highest BCUT2D eigenvalue weighted by molar-refractivity contribution is 9.11. The average Bonchev–Trinajstić information content (AvgIpc) is 2.33. The summed E-state index contributed by atoms with van der Waals surface area (Å²) < 4.78 is 1.18. The van der Waals surface area contributed by atoms with Crippen LogP contribution < -0.4 is 0 Å². The van der Waals surface area contributed by atoms with E-state index in [-0.39, 0.29) is 4.83 Å². The number of hydrogen-bond acceptors (Lipinski definition) is 0. The van der Waals surface area contributed by atoms with Crippen LogP contribution in [0.4, 0.5) is 0 Å². The van der Waals surface area contributed by atoms with Crippen molar-refractivity contribution in [2.45, 2.75) is 18.7 Å². The first-order valence-electron chi connectivity index (χ1n) is 5.55. The Labute approximate surface area is 119 Å². The van der Waals surface area contributed by atoms with Crippen LogP contribution in [0.1, 0.15) is 27.1 Å². The lowest BCUT2D eigenvalue weighted by molar-refractivity contribution is 1.15. The van der Waals surface area contributed by atoms with Crippen molar-refractivity contribution in [1.29, 1.82) is 0 Å². The number of halogens is 2. The molecule has 2 rings (SSSR count). The van der Waals surface area contributed by atoms with Crippen LogP contribution in [0.25, 0.3) is 0 Å². The Bertz CT molecular complexity index is 515. The Morgan fingerprint density at radius 1 is 0.941 bits per heavy atom. The molecule has 1 atom stereocenters. The third-order valence-electron chi connectivity index (χ3n) is 2.86. The number of alkyl halides is 1. The third-order valence-corrected chi connectivity index (χ3v) is 4.97. The summed E-state index contributed by atoms with van der Waals surface area (Å²) in [5.41, 5.74) is 5.10. The van der Waals surface area contributed by atoms with Crippen LogP contribution in [0.3, 0.4) is 0 Å².